The minimum absolute atomic E-state index is 0.0131. The minimum Gasteiger partial charge on any atom is -0.365 e. The molecule has 0 amide bonds. The van der Waals surface area contributed by atoms with E-state index in [0.29, 0.717) is 34.1 Å². The fourth-order valence-corrected chi connectivity index (χ4v) is 3.27. The van der Waals surface area contributed by atoms with Gasteiger partial charge in [0.1, 0.15) is 22.2 Å². The van der Waals surface area contributed by atoms with E-state index in [1.807, 2.05) is 0 Å². The molecule has 1 aromatic carbocycles. The van der Waals surface area contributed by atoms with Gasteiger partial charge in [0, 0.05) is 18.8 Å². The van der Waals surface area contributed by atoms with Gasteiger partial charge in [-0.05, 0) is 35.1 Å². The third-order valence-corrected chi connectivity index (χ3v) is 4.66. The summed E-state index contributed by atoms with van der Waals surface area (Å²) < 4.78 is 13.0. The molecule has 8 nitrogen and oxygen atoms in total. The Morgan fingerprint density at radius 2 is 2.04 bits per heavy atom. The molecule has 0 aliphatic heterocycles. The molecule has 0 unspecified atom stereocenters. The van der Waals surface area contributed by atoms with Crippen LogP contribution in [0.15, 0.2) is 42.6 Å². The highest BCUT2D eigenvalue weighted by molar-refractivity contribution is 7.21. The van der Waals surface area contributed by atoms with Crippen LogP contribution in [-0.2, 0) is 6.54 Å². The summed E-state index contributed by atoms with van der Waals surface area (Å²) in [4.78, 5) is 20.0. The number of aromatic amines is 1. The molecule has 0 radical (unpaired) electrons. The monoisotopic (exact) mass is 370 g/mol. The van der Waals surface area contributed by atoms with Crippen molar-refractivity contribution in [3.63, 3.8) is 0 Å². The van der Waals surface area contributed by atoms with E-state index in [9.17, 15) is 14.5 Å². The smallest absolute Gasteiger partial charge is 0.326 e. The first kappa shape index (κ1) is 16.1. The molecular weight excluding hydrogens is 359 g/mol. The molecular formula is C16H11FN6O2S. The number of hydrogen-bond acceptors (Lipinski definition) is 7. The van der Waals surface area contributed by atoms with Gasteiger partial charge < -0.3 is 5.32 Å². The van der Waals surface area contributed by atoms with E-state index in [-0.39, 0.29) is 10.8 Å². The molecule has 0 fully saturated rings. The van der Waals surface area contributed by atoms with E-state index in [1.165, 1.54) is 18.2 Å². The standard InChI is InChI=1S/C16H11FN6O2S/c17-10-3-1-9(2-4-10)8-18-14-11-7-13(23(24)25)26-16(11)21-15(20-14)12-5-6-19-22-12/h1-7H,8H2,(H,19,22)(H,18,20,21). The first-order chi connectivity index (χ1) is 12.6. The second-order valence-electron chi connectivity index (χ2n) is 5.41. The lowest BCUT2D eigenvalue weighted by Crippen LogP contribution is -2.03. The molecule has 26 heavy (non-hydrogen) atoms. The van der Waals surface area contributed by atoms with Gasteiger partial charge >= 0.3 is 5.00 Å². The highest BCUT2D eigenvalue weighted by Gasteiger charge is 2.18. The Hall–Kier alpha value is -3.40. The van der Waals surface area contributed by atoms with Gasteiger partial charge in [-0.1, -0.05) is 12.1 Å². The first-order valence-electron chi connectivity index (χ1n) is 7.54. The van der Waals surface area contributed by atoms with Gasteiger partial charge in [0.2, 0.25) is 0 Å². The highest BCUT2D eigenvalue weighted by atomic mass is 32.1. The number of fused-ring (bicyclic) bond motifs is 1. The van der Waals surface area contributed by atoms with Gasteiger partial charge in [0.05, 0.1) is 10.3 Å². The molecule has 0 aliphatic rings. The number of aromatic nitrogens is 4. The van der Waals surface area contributed by atoms with Crippen molar-refractivity contribution < 1.29 is 9.31 Å². The van der Waals surface area contributed by atoms with E-state index in [0.717, 1.165) is 16.9 Å². The Morgan fingerprint density at radius 3 is 2.73 bits per heavy atom. The Morgan fingerprint density at radius 1 is 1.23 bits per heavy atom. The molecule has 0 bridgehead atoms. The maximum absolute atomic E-state index is 13.0. The molecule has 0 atom stereocenters. The topological polar surface area (TPSA) is 110 Å². The van der Waals surface area contributed by atoms with E-state index in [2.05, 4.69) is 25.5 Å². The van der Waals surface area contributed by atoms with Crippen molar-refractivity contribution in [1.82, 2.24) is 20.2 Å². The predicted octanol–water partition coefficient (Wildman–Crippen LogP) is 3.74. The highest BCUT2D eigenvalue weighted by Crippen LogP contribution is 2.35. The van der Waals surface area contributed by atoms with E-state index < -0.39 is 4.92 Å². The maximum atomic E-state index is 13.0. The predicted molar refractivity (Wildman–Crippen MR) is 95.4 cm³/mol. The number of hydrogen-bond donors (Lipinski definition) is 2. The van der Waals surface area contributed by atoms with Crippen LogP contribution >= 0.6 is 11.3 Å². The van der Waals surface area contributed by atoms with Gasteiger partial charge in [-0.25, -0.2) is 14.4 Å². The number of benzene rings is 1. The Balaban J connectivity index is 1.74. The van der Waals surface area contributed by atoms with Crippen molar-refractivity contribution >= 4 is 32.4 Å². The van der Waals surface area contributed by atoms with Crippen molar-refractivity contribution in [1.29, 1.82) is 0 Å². The number of H-pyrrole nitrogens is 1. The lowest BCUT2D eigenvalue weighted by molar-refractivity contribution is -0.380. The number of anilines is 1. The third-order valence-electron chi connectivity index (χ3n) is 3.67. The molecule has 0 aliphatic carbocycles. The molecule has 0 saturated carbocycles. The van der Waals surface area contributed by atoms with E-state index in [1.54, 1.807) is 24.4 Å². The number of halogens is 1. The van der Waals surface area contributed by atoms with Crippen LogP contribution in [0.1, 0.15) is 5.56 Å². The fourth-order valence-electron chi connectivity index (χ4n) is 2.42. The zero-order chi connectivity index (χ0) is 18.1. The molecule has 10 heteroatoms. The van der Waals surface area contributed by atoms with Crippen LogP contribution in [0, 0.1) is 15.9 Å². The van der Waals surface area contributed by atoms with Crippen LogP contribution in [-0.4, -0.2) is 25.1 Å². The summed E-state index contributed by atoms with van der Waals surface area (Å²) in [6, 6.07) is 9.23. The summed E-state index contributed by atoms with van der Waals surface area (Å²) in [6.45, 7) is 0.387. The third kappa shape index (κ3) is 3.09. The molecule has 3 heterocycles. The average Bonchev–Trinajstić information content (AvgIpc) is 3.30. The summed E-state index contributed by atoms with van der Waals surface area (Å²) in [5.74, 6) is 0.537. The summed E-state index contributed by atoms with van der Waals surface area (Å²) in [5.41, 5.74) is 1.46. The second-order valence-corrected chi connectivity index (χ2v) is 6.42. The average molecular weight is 370 g/mol. The number of nitrogens with zero attached hydrogens (tertiary/aromatic N) is 4. The van der Waals surface area contributed by atoms with E-state index in [4.69, 9.17) is 0 Å². The van der Waals surface area contributed by atoms with Crippen LogP contribution in [0.3, 0.4) is 0 Å². The van der Waals surface area contributed by atoms with Crippen LogP contribution in [0.4, 0.5) is 15.2 Å². The summed E-state index contributed by atoms with van der Waals surface area (Å²) >= 11 is 0.981. The SMILES string of the molecule is O=[N+]([O-])c1cc2c(NCc3ccc(F)cc3)nc(-c3ccn[nH]3)nc2s1. The zero-order valence-electron chi connectivity index (χ0n) is 13.1. The fraction of sp³-hybridized carbons (Fsp3) is 0.0625. The quantitative estimate of drug-likeness (QED) is 0.409. The summed E-state index contributed by atoms with van der Waals surface area (Å²) in [7, 11) is 0. The van der Waals surface area contributed by atoms with Gasteiger partial charge in [0.15, 0.2) is 5.82 Å². The van der Waals surface area contributed by atoms with Crippen LogP contribution in [0.25, 0.3) is 21.7 Å². The molecule has 2 N–H and O–H groups in total. The van der Waals surface area contributed by atoms with Crippen molar-refractivity contribution in [2.75, 3.05) is 5.32 Å². The van der Waals surface area contributed by atoms with Gasteiger partial charge in [-0.2, -0.15) is 5.10 Å². The summed E-state index contributed by atoms with van der Waals surface area (Å²) in [6.07, 6.45) is 1.57. The number of rotatable bonds is 5. The van der Waals surface area contributed by atoms with Crippen molar-refractivity contribution in [3.05, 3.63) is 64.1 Å². The Kier molecular flexibility index (Phi) is 4.01. The zero-order valence-corrected chi connectivity index (χ0v) is 14.0. The lowest BCUT2D eigenvalue weighted by Gasteiger charge is -2.08. The minimum atomic E-state index is -0.452. The first-order valence-corrected chi connectivity index (χ1v) is 8.36. The van der Waals surface area contributed by atoms with Crippen LogP contribution in [0.2, 0.25) is 0 Å². The second kappa shape index (κ2) is 6.48. The van der Waals surface area contributed by atoms with Gasteiger partial charge in [0.25, 0.3) is 0 Å². The van der Waals surface area contributed by atoms with E-state index >= 15 is 0 Å². The van der Waals surface area contributed by atoms with Crippen molar-refractivity contribution in [3.8, 4) is 11.5 Å². The van der Waals surface area contributed by atoms with Gasteiger partial charge in [-0.15, -0.1) is 0 Å². The number of thiophene rings is 1. The maximum Gasteiger partial charge on any atom is 0.326 e. The molecule has 4 rings (SSSR count). The van der Waals surface area contributed by atoms with Crippen LogP contribution < -0.4 is 5.32 Å². The van der Waals surface area contributed by atoms with Gasteiger partial charge in [-0.3, -0.25) is 15.2 Å². The lowest BCUT2D eigenvalue weighted by atomic mass is 10.2. The Bertz CT molecular complexity index is 1080. The van der Waals surface area contributed by atoms with Crippen molar-refractivity contribution in [2.45, 2.75) is 6.54 Å². The Labute approximate surface area is 149 Å². The summed E-state index contributed by atoms with van der Waals surface area (Å²) in [5, 5.41) is 21.5. The normalized spacial score (nSPS) is 11.0. The van der Waals surface area contributed by atoms with Crippen LogP contribution in [0.5, 0.6) is 0 Å². The molecule has 0 saturated heterocycles. The molecule has 130 valence electrons. The largest absolute Gasteiger partial charge is 0.365 e. The molecule has 0 spiro atoms. The number of nitrogens with one attached hydrogen (secondary N) is 2. The number of nitro groups is 1. The van der Waals surface area contributed by atoms with Crippen molar-refractivity contribution in [2.24, 2.45) is 0 Å². The molecule has 4 aromatic rings. The molecule has 3 aromatic heterocycles.